The molecule has 2 rings (SSSR count). The Labute approximate surface area is 133 Å². The minimum atomic E-state index is -0.0949. The van der Waals surface area contributed by atoms with E-state index in [-0.39, 0.29) is 11.3 Å². The highest BCUT2D eigenvalue weighted by Gasteiger charge is 2.32. The van der Waals surface area contributed by atoms with Crippen LogP contribution in [-0.2, 0) is 0 Å². The van der Waals surface area contributed by atoms with E-state index in [1.54, 1.807) is 18.2 Å². The van der Waals surface area contributed by atoms with Gasteiger partial charge in [-0.1, -0.05) is 25.4 Å². The Morgan fingerprint density at radius 3 is 3.00 bits per heavy atom. The van der Waals surface area contributed by atoms with Crippen molar-refractivity contribution in [2.24, 2.45) is 5.41 Å². The van der Waals surface area contributed by atoms with Gasteiger partial charge in [-0.05, 0) is 58.9 Å². The van der Waals surface area contributed by atoms with Crippen molar-refractivity contribution >= 4 is 33.4 Å². The van der Waals surface area contributed by atoms with Crippen molar-refractivity contribution in [1.29, 1.82) is 0 Å². The second kappa shape index (κ2) is 6.46. The van der Waals surface area contributed by atoms with E-state index in [1.165, 1.54) is 12.8 Å². The average Bonchev–Trinajstić information content (AvgIpc) is 2.39. The zero-order valence-electron chi connectivity index (χ0n) is 11.8. The SMILES string of the molecule is CC1(C)CCCNC1CNC(=O)c1cc(Cl)ccc1Br. The van der Waals surface area contributed by atoms with E-state index in [0.717, 1.165) is 11.0 Å². The van der Waals surface area contributed by atoms with Crippen LogP contribution in [0.4, 0.5) is 0 Å². The third kappa shape index (κ3) is 3.74. The number of carbonyl (C=O) groups excluding carboxylic acids is 1. The molecule has 1 atom stereocenters. The molecular formula is C15H20BrClN2O. The first-order valence-corrected chi connectivity index (χ1v) is 8.04. The minimum absolute atomic E-state index is 0.0949. The van der Waals surface area contributed by atoms with Crippen molar-refractivity contribution in [3.63, 3.8) is 0 Å². The van der Waals surface area contributed by atoms with Gasteiger partial charge >= 0.3 is 0 Å². The summed E-state index contributed by atoms with van der Waals surface area (Å²) in [7, 11) is 0. The first kappa shape index (κ1) is 15.8. The highest BCUT2D eigenvalue weighted by molar-refractivity contribution is 9.10. The van der Waals surface area contributed by atoms with Crippen molar-refractivity contribution in [1.82, 2.24) is 10.6 Å². The Morgan fingerprint density at radius 2 is 2.30 bits per heavy atom. The Bertz CT molecular complexity index is 505. The Morgan fingerprint density at radius 1 is 1.55 bits per heavy atom. The first-order chi connectivity index (χ1) is 9.40. The number of rotatable bonds is 3. The summed E-state index contributed by atoms with van der Waals surface area (Å²) in [6.45, 7) is 6.13. The van der Waals surface area contributed by atoms with Crippen molar-refractivity contribution in [2.45, 2.75) is 32.7 Å². The van der Waals surface area contributed by atoms with Crippen molar-refractivity contribution in [2.75, 3.05) is 13.1 Å². The predicted octanol–water partition coefficient (Wildman–Crippen LogP) is 3.61. The molecule has 0 spiro atoms. The van der Waals surface area contributed by atoms with Gasteiger partial charge in [-0.3, -0.25) is 4.79 Å². The highest BCUT2D eigenvalue weighted by atomic mass is 79.9. The Balaban J connectivity index is 2.00. The molecule has 1 unspecified atom stereocenters. The van der Waals surface area contributed by atoms with Crippen LogP contribution in [0, 0.1) is 5.41 Å². The second-order valence-corrected chi connectivity index (χ2v) is 7.22. The molecule has 2 N–H and O–H groups in total. The summed E-state index contributed by atoms with van der Waals surface area (Å²) < 4.78 is 0.760. The number of amides is 1. The lowest BCUT2D eigenvalue weighted by molar-refractivity contribution is 0.0928. The predicted molar refractivity (Wildman–Crippen MR) is 86.3 cm³/mol. The van der Waals surface area contributed by atoms with E-state index in [4.69, 9.17) is 11.6 Å². The summed E-state index contributed by atoms with van der Waals surface area (Å²) in [5.41, 5.74) is 0.781. The summed E-state index contributed by atoms with van der Waals surface area (Å²) >= 11 is 9.33. The van der Waals surface area contributed by atoms with Gasteiger partial charge in [0.05, 0.1) is 5.56 Å². The lowest BCUT2D eigenvalue weighted by Gasteiger charge is -2.39. The van der Waals surface area contributed by atoms with E-state index in [1.807, 2.05) is 0 Å². The maximum absolute atomic E-state index is 12.2. The van der Waals surface area contributed by atoms with E-state index in [2.05, 4.69) is 40.4 Å². The van der Waals surface area contributed by atoms with Crippen LogP contribution in [0.25, 0.3) is 0 Å². The highest BCUT2D eigenvalue weighted by Crippen LogP contribution is 2.29. The molecule has 1 heterocycles. The van der Waals surface area contributed by atoms with Crippen molar-refractivity contribution in [3.8, 4) is 0 Å². The zero-order chi connectivity index (χ0) is 14.8. The molecule has 0 bridgehead atoms. The van der Waals surface area contributed by atoms with Crippen LogP contribution in [0.2, 0.25) is 5.02 Å². The number of piperidine rings is 1. The van der Waals surface area contributed by atoms with Crippen LogP contribution in [-0.4, -0.2) is 25.0 Å². The fourth-order valence-corrected chi connectivity index (χ4v) is 3.18. The Hall–Kier alpha value is -0.580. The minimum Gasteiger partial charge on any atom is -0.350 e. The standard InChI is InChI=1S/C15H20BrClN2O/c1-15(2)6-3-7-18-13(15)9-19-14(20)11-8-10(17)4-5-12(11)16/h4-5,8,13,18H,3,6-7,9H2,1-2H3,(H,19,20). The number of hydrogen-bond acceptors (Lipinski definition) is 2. The number of halogens is 2. The van der Waals surface area contributed by atoms with Gasteiger partial charge in [0.15, 0.2) is 0 Å². The molecule has 0 aromatic heterocycles. The number of nitrogens with one attached hydrogen (secondary N) is 2. The monoisotopic (exact) mass is 358 g/mol. The van der Waals surface area contributed by atoms with Gasteiger partial charge in [0.1, 0.15) is 0 Å². The van der Waals surface area contributed by atoms with Gasteiger partial charge < -0.3 is 10.6 Å². The van der Waals surface area contributed by atoms with Gasteiger partial charge in [-0.2, -0.15) is 0 Å². The van der Waals surface area contributed by atoms with Crippen LogP contribution in [0.5, 0.6) is 0 Å². The summed E-state index contributed by atoms with van der Waals surface area (Å²) in [5, 5.41) is 7.06. The molecule has 1 aliphatic rings. The number of hydrogen-bond donors (Lipinski definition) is 2. The summed E-state index contributed by atoms with van der Waals surface area (Å²) in [4.78, 5) is 12.2. The molecule has 0 radical (unpaired) electrons. The number of carbonyl (C=O) groups is 1. The van der Waals surface area contributed by atoms with Crippen molar-refractivity contribution < 1.29 is 4.79 Å². The van der Waals surface area contributed by atoms with Gasteiger partial charge in [0, 0.05) is 22.1 Å². The maximum atomic E-state index is 12.2. The third-order valence-electron chi connectivity index (χ3n) is 3.97. The topological polar surface area (TPSA) is 41.1 Å². The van der Waals surface area contributed by atoms with Crippen LogP contribution >= 0.6 is 27.5 Å². The average molecular weight is 360 g/mol. The molecular weight excluding hydrogens is 340 g/mol. The number of benzene rings is 1. The molecule has 1 amide bonds. The molecule has 1 fully saturated rings. The Kier molecular flexibility index (Phi) is 5.10. The normalized spacial score (nSPS) is 21.5. The molecule has 110 valence electrons. The van der Waals surface area contributed by atoms with Crippen LogP contribution in [0.15, 0.2) is 22.7 Å². The van der Waals surface area contributed by atoms with Gasteiger partial charge in [0.2, 0.25) is 0 Å². The van der Waals surface area contributed by atoms with E-state index >= 15 is 0 Å². The summed E-state index contributed by atoms with van der Waals surface area (Å²) in [6, 6.07) is 5.53. The van der Waals surface area contributed by atoms with Crippen LogP contribution in [0.1, 0.15) is 37.0 Å². The van der Waals surface area contributed by atoms with E-state index < -0.39 is 0 Å². The summed E-state index contributed by atoms with van der Waals surface area (Å²) in [6.07, 6.45) is 2.37. The molecule has 0 aliphatic carbocycles. The van der Waals surface area contributed by atoms with Gasteiger partial charge in [-0.15, -0.1) is 0 Å². The third-order valence-corrected chi connectivity index (χ3v) is 4.90. The van der Waals surface area contributed by atoms with Crippen LogP contribution < -0.4 is 10.6 Å². The zero-order valence-corrected chi connectivity index (χ0v) is 14.1. The molecule has 0 saturated carbocycles. The smallest absolute Gasteiger partial charge is 0.252 e. The molecule has 3 nitrogen and oxygen atoms in total. The summed E-state index contributed by atoms with van der Waals surface area (Å²) in [5.74, 6) is -0.0949. The van der Waals surface area contributed by atoms with E-state index in [0.29, 0.717) is 23.2 Å². The van der Waals surface area contributed by atoms with Gasteiger partial charge in [-0.25, -0.2) is 0 Å². The quantitative estimate of drug-likeness (QED) is 0.865. The molecule has 1 aliphatic heterocycles. The fourth-order valence-electron chi connectivity index (χ4n) is 2.58. The van der Waals surface area contributed by atoms with Crippen LogP contribution in [0.3, 0.4) is 0 Å². The fraction of sp³-hybridized carbons (Fsp3) is 0.533. The molecule has 1 aromatic carbocycles. The van der Waals surface area contributed by atoms with Crippen molar-refractivity contribution in [3.05, 3.63) is 33.3 Å². The lowest BCUT2D eigenvalue weighted by Crippen LogP contribution is -2.52. The molecule has 1 aromatic rings. The second-order valence-electron chi connectivity index (χ2n) is 5.93. The molecule has 5 heteroatoms. The maximum Gasteiger partial charge on any atom is 0.252 e. The first-order valence-electron chi connectivity index (χ1n) is 6.87. The van der Waals surface area contributed by atoms with E-state index in [9.17, 15) is 4.79 Å². The lowest BCUT2D eigenvalue weighted by atomic mass is 9.77. The molecule has 1 saturated heterocycles. The molecule has 20 heavy (non-hydrogen) atoms. The van der Waals surface area contributed by atoms with Gasteiger partial charge in [0.25, 0.3) is 5.91 Å². The largest absolute Gasteiger partial charge is 0.350 e.